The van der Waals surface area contributed by atoms with E-state index in [2.05, 4.69) is 0 Å². The van der Waals surface area contributed by atoms with Crippen molar-refractivity contribution in [1.82, 2.24) is 4.31 Å². The smallest absolute Gasteiger partial charge is 0.243 e. The molecule has 0 aromatic heterocycles. The maximum absolute atomic E-state index is 12.9. The van der Waals surface area contributed by atoms with Crippen LogP contribution in [0.25, 0.3) is 0 Å². The Kier molecular flexibility index (Phi) is 4.91. The Balaban J connectivity index is 2.37. The highest BCUT2D eigenvalue weighted by Gasteiger charge is 2.38. The molecule has 6 heteroatoms. The third-order valence-corrected chi connectivity index (χ3v) is 5.49. The van der Waals surface area contributed by atoms with Crippen molar-refractivity contribution in [3.8, 4) is 5.75 Å². The number of methoxy groups -OCH3 is 1. The van der Waals surface area contributed by atoms with Gasteiger partial charge in [0.2, 0.25) is 10.0 Å². The van der Waals surface area contributed by atoms with Gasteiger partial charge in [-0.05, 0) is 37.0 Å². The van der Waals surface area contributed by atoms with E-state index >= 15 is 0 Å². The van der Waals surface area contributed by atoms with Gasteiger partial charge in [0.05, 0.1) is 12.0 Å². The fourth-order valence-electron chi connectivity index (χ4n) is 2.38. The monoisotopic (exact) mass is 312 g/mol. The maximum atomic E-state index is 12.9. The van der Waals surface area contributed by atoms with Crippen molar-refractivity contribution in [3.63, 3.8) is 0 Å². The van der Waals surface area contributed by atoms with E-state index in [1.165, 1.54) is 0 Å². The first-order valence-electron chi connectivity index (χ1n) is 7.29. The molecule has 21 heavy (non-hydrogen) atoms. The van der Waals surface area contributed by atoms with Crippen molar-refractivity contribution in [2.75, 3.05) is 13.7 Å². The zero-order chi connectivity index (χ0) is 15.6. The topological polar surface area (TPSA) is 72.6 Å². The van der Waals surface area contributed by atoms with Gasteiger partial charge >= 0.3 is 0 Å². The van der Waals surface area contributed by atoms with Gasteiger partial charge in [-0.2, -0.15) is 4.31 Å². The van der Waals surface area contributed by atoms with Gasteiger partial charge in [-0.1, -0.05) is 13.8 Å². The molecule has 0 saturated heterocycles. The summed E-state index contributed by atoms with van der Waals surface area (Å²) in [6.07, 6.45) is 1.90. The van der Waals surface area contributed by atoms with Gasteiger partial charge in [0.25, 0.3) is 0 Å². The van der Waals surface area contributed by atoms with Crippen molar-refractivity contribution < 1.29 is 13.2 Å². The summed E-state index contributed by atoms with van der Waals surface area (Å²) in [5.74, 6) is 0.922. The fourth-order valence-corrected chi connectivity index (χ4v) is 4.28. The molecule has 2 N–H and O–H groups in total. The Labute approximate surface area is 127 Å². The molecule has 1 aromatic carbocycles. The normalized spacial score (nSPS) is 15.7. The van der Waals surface area contributed by atoms with Crippen molar-refractivity contribution in [3.05, 3.63) is 23.8 Å². The standard InChI is InChI=1S/C15H24N2O3S/c1-11(2)10-17(13-4-5-13)21(18,19)14-6-7-15(20-3)12(8-14)9-16/h6-8,11,13H,4-5,9-10,16H2,1-3H3. The molecule has 0 heterocycles. The van der Waals surface area contributed by atoms with Crippen LogP contribution >= 0.6 is 0 Å². The van der Waals surface area contributed by atoms with Crippen LogP contribution in [0.5, 0.6) is 5.75 Å². The Hall–Kier alpha value is -1.11. The van der Waals surface area contributed by atoms with E-state index in [0.29, 0.717) is 28.7 Å². The zero-order valence-corrected chi connectivity index (χ0v) is 13.7. The van der Waals surface area contributed by atoms with Crippen molar-refractivity contribution in [2.45, 2.75) is 44.2 Å². The highest BCUT2D eigenvalue weighted by molar-refractivity contribution is 7.89. The summed E-state index contributed by atoms with van der Waals surface area (Å²) in [6, 6.07) is 5.06. The van der Waals surface area contributed by atoms with Crippen LogP contribution in [0.15, 0.2) is 23.1 Å². The van der Waals surface area contributed by atoms with Gasteiger partial charge in [-0.25, -0.2) is 8.42 Å². The average Bonchev–Trinajstić information content (AvgIpc) is 3.28. The second-order valence-electron chi connectivity index (χ2n) is 5.88. The number of rotatable bonds is 7. The van der Waals surface area contributed by atoms with E-state index in [0.717, 1.165) is 12.8 Å². The number of nitrogens with zero attached hydrogens (tertiary/aromatic N) is 1. The van der Waals surface area contributed by atoms with Crippen LogP contribution in [-0.2, 0) is 16.6 Å². The maximum Gasteiger partial charge on any atom is 0.243 e. The largest absolute Gasteiger partial charge is 0.496 e. The molecular formula is C15H24N2O3S. The second kappa shape index (κ2) is 6.34. The minimum absolute atomic E-state index is 0.154. The third kappa shape index (κ3) is 3.56. The van der Waals surface area contributed by atoms with Gasteiger partial charge in [0.1, 0.15) is 5.75 Å². The summed E-state index contributed by atoms with van der Waals surface area (Å²) >= 11 is 0. The Morgan fingerprint density at radius 2 is 2.05 bits per heavy atom. The molecule has 0 unspecified atom stereocenters. The van der Waals surface area contributed by atoms with Gasteiger partial charge < -0.3 is 10.5 Å². The predicted octanol–water partition coefficient (Wildman–Crippen LogP) is 1.96. The lowest BCUT2D eigenvalue weighted by Crippen LogP contribution is -2.36. The van der Waals surface area contributed by atoms with Crippen LogP contribution in [0, 0.1) is 5.92 Å². The van der Waals surface area contributed by atoms with E-state index in [1.54, 1.807) is 29.6 Å². The molecule has 2 rings (SSSR count). The first kappa shape index (κ1) is 16.3. The van der Waals surface area contributed by atoms with Crippen LogP contribution in [0.1, 0.15) is 32.3 Å². The molecular weight excluding hydrogens is 288 g/mol. The van der Waals surface area contributed by atoms with E-state index in [-0.39, 0.29) is 12.6 Å². The lowest BCUT2D eigenvalue weighted by molar-refractivity contribution is 0.360. The Bertz CT molecular complexity index is 595. The molecule has 0 amide bonds. The molecule has 0 bridgehead atoms. The first-order chi connectivity index (χ1) is 9.90. The molecule has 0 atom stereocenters. The molecule has 118 valence electrons. The number of hydrogen-bond acceptors (Lipinski definition) is 4. The lowest BCUT2D eigenvalue weighted by Gasteiger charge is -2.24. The zero-order valence-electron chi connectivity index (χ0n) is 12.9. The Morgan fingerprint density at radius 1 is 1.38 bits per heavy atom. The van der Waals surface area contributed by atoms with Gasteiger partial charge in [-0.15, -0.1) is 0 Å². The highest BCUT2D eigenvalue weighted by Crippen LogP contribution is 2.33. The minimum atomic E-state index is -3.47. The van der Waals surface area contributed by atoms with Crippen LogP contribution in [0.3, 0.4) is 0 Å². The fraction of sp³-hybridized carbons (Fsp3) is 0.600. The van der Waals surface area contributed by atoms with Crippen LogP contribution < -0.4 is 10.5 Å². The molecule has 1 fully saturated rings. The van der Waals surface area contributed by atoms with Crippen molar-refractivity contribution in [1.29, 1.82) is 0 Å². The predicted molar refractivity (Wildman–Crippen MR) is 82.6 cm³/mol. The molecule has 0 aliphatic heterocycles. The summed E-state index contributed by atoms with van der Waals surface area (Å²) in [7, 11) is -1.91. The molecule has 0 spiro atoms. The number of hydrogen-bond donors (Lipinski definition) is 1. The van der Waals surface area contributed by atoms with Gasteiger partial charge in [0, 0.05) is 24.7 Å². The summed E-state index contributed by atoms with van der Waals surface area (Å²) < 4.78 is 32.6. The highest BCUT2D eigenvalue weighted by atomic mass is 32.2. The number of nitrogens with two attached hydrogens (primary N) is 1. The van der Waals surface area contributed by atoms with Gasteiger partial charge in [-0.3, -0.25) is 0 Å². The van der Waals surface area contributed by atoms with Crippen molar-refractivity contribution in [2.24, 2.45) is 11.7 Å². The summed E-state index contributed by atoms with van der Waals surface area (Å²) in [5, 5.41) is 0. The second-order valence-corrected chi connectivity index (χ2v) is 7.77. The summed E-state index contributed by atoms with van der Waals surface area (Å²) in [5.41, 5.74) is 6.39. The van der Waals surface area contributed by atoms with E-state index < -0.39 is 10.0 Å². The third-order valence-electron chi connectivity index (χ3n) is 3.58. The van der Waals surface area contributed by atoms with Gasteiger partial charge in [0.15, 0.2) is 0 Å². The minimum Gasteiger partial charge on any atom is -0.496 e. The molecule has 0 radical (unpaired) electrons. The molecule has 1 aliphatic carbocycles. The summed E-state index contributed by atoms with van der Waals surface area (Å²) in [6.45, 7) is 4.87. The SMILES string of the molecule is COc1ccc(S(=O)(=O)N(CC(C)C)C2CC2)cc1CN. The Morgan fingerprint density at radius 3 is 2.52 bits per heavy atom. The molecule has 1 aliphatic rings. The van der Waals surface area contributed by atoms with E-state index in [4.69, 9.17) is 10.5 Å². The lowest BCUT2D eigenvalue weighted by atomic mass is 10.2. The molecule has 5 nitrogen and oxygen atoms in total. The van der Waals surface area contributed by atoms with Crippen LogP contribution in [-0.4, -0.2) is 32.4 Å². The van der Waals surface area contributed by atoms with Crippen molar-refractivity contribution >= 4 is 10.0 Å². The molecule has 1 aromatic rings. The van der Waals surface area contributed by atoms with E-state index in [1.807, 2.05) is 13.8 Å². The quantitative estimate of drug-likeness (QED) is 0.835. The van der Waals surface area contributed by atoms with Crippen LogP contribution in [0.4, 0.5) is 0 Å². The number of benzene rings is 1. The van der Waals surface area contributed by atoms with E-state index in [9.17, 15) is 8.42 Å². The average molecular weight is 312 g/mol. The number of sulfonamides is 1. The van der Waals surface area contributed by atoms with Crippen LogP contribution in [0.2, 0.25) is 0 Å². The summed E-state index contributed by atoms with van der Waals surface area (Å²) in [4.78, 5) is 0.302. The number of ether oxygens (including phenoxy) is 1. The molecule has 1 saturated carbocycles. The first-order valence-corrected chi connectivity index (χ1v) is 8.73.